The molecule has 0 amide bonds. The van der Waals surface area contributed by atoms with Crippen LogP contribution in [0.3, 0.4) is 0 Å². The van der Waals surface area contributed by atoms with Crippen molar-refractivity contribution in [3.05, 3.63) is 36.1 Å². The molecular formula is C21H32O3. The van der Waals surface area contributed by atoms with Gasteiger partial charge in [0.2, 0.25) is 0 Å². The standard InChI is InChI=1S/C21H32O3/c1-3-5-11-17(21(22)24-19-14-8-9-15-19)16-20(10-4-2)23-18-12-6-7-13-18/h4,10,16,18-19H,2-3,5-9,11-15H2,1H3/b17-16+,20-10+. The molecule has 2 aliphatic rings. The summed E-state index contributed by atoms with van der Waals surface area (Å²) < 4.78 is 11.8. The Hall–Kier alpha value is -1.51. The molecule has 0 N–H and O–H groups in total. The summed E-state index contributed by atoms with van der Waals surface area (Å²) in [5.74, 6) is 0.576. The van der Waals surface area contributed by atoms with E-state index in [1.807, 2.05) is 12.2 Å². The van der Waals surface area contributed by atoms with Crippen LogP contribution >= 0.6 is 0 Å². The summed E-state index contributed by atoms with van der Waals surface area (Å²) in [5.41, 5.74) is 0.731. The largest absolute Gasteiger partial charge is 0.490 e. The van der Waals surface area contributed by atoms with E-state index in [9.17, 15) is 4.79 Å². The molecule has 0 bridgehead atoms. The molecule has 3 nitrogen and oxygen atoms in total. The lowest BCUT2D eigenvalue weighted by Gasteiger charge is -2.16. The van der Waals surface area contributed by atoms with Gasteiger partial charge in [0.05, 0.1) is 6.10 Å². The summed E-state index contributed by atoms with van der Waals surface area (Å²) in [4.78, 5) is 12.6. The Morgan fingerprint density at radius 2 is 1.62 bits per heavy atom. The smallest absolute Gasteiger partial charge is 0.334 e. The van der Waals surface area contributed by atoms with Gasteiger partial charge in [0.25, 0.3) is 0 Å². The summed E-state index contributed by atoms with van der Waals surface area (Å²) in [6, 6.07) is 0. The quantitative estimate of drug-likeness (QED) is 0.238. The molecule has 2 saturated carbocycles. The minimum atomic E-state index is -0.166. The number of hydrogen-bond donors (Lipinski definition) is 0. The summed E-state index contributed by atoms with van der Waals surface area (Å²) in [7, 11) is 0. The Morgan fingerprint density at radius 3 is 2.17 bits per heavy atom. The number of esters is 1. The van der Waals surface area contributed by atoms with Crippen molar-refractivity contribution in [2.24, 2.45) is 0 Å². The van der Waals surface area contributed by atoms with Crippen LogP contribution in [-0.2, 0) is 14.3 Å². The molecular weight excluding hydrogens is 300 g/mol. The van der Waals surface area contributed by atoms with Crippen LogP contribution in [0.1, 0.15) is 77.6 Å². The van der Waals surface area contributed by atoms with Gasteiger partial charge >= 0.3 is 5.97 Å². The molecule has 0 unspecified atom stereocenters. The number of hydrogen-bond acceptors (Lipinski definition) is 3. The maximum absolute atomic E-state index is 12.6. The van der Waals surface area contributed by atoms with Crippen molar-refractivity contribution in [1.82, 2.24) is 0 Å². The highest BCUT2D eigenvalue weighted by molar-refractivity contribution is 5.89. The molecule has 24 heavy (non-hydrogen) atoms. The maximum atomic E-state index is 12.6. The molecule has 2 rings (SSSR count). The van der Waals surface area contributed by atoms with Crippen molar-refractivity contribution in [1.29, 1.82) is 0 Å². The molecule has 0 aliphatic heterocycles. The zero-order valence-electron chi connectivity index (χ0n) is 15.1. The van der Waals surface area contributed by atoms with Gasteiger partial charge in [-0.2, -0.15) is 0 Å². The second-order valence-corrected chi connectivity index (χ2v) is 6.91. The Labute approximate surface area is 146 Å². The lowest BCUT2D eigenvalue weighted by atomic mass is 10.1. The Bertz CT molecular complexity index is 463. The first-order valence-corrected chi connectivity index (χ1v) is 9.64. The third-order valence-corrected chi connectivity index (χ3v) is 4.84. The van der Waals surface area contributed by atoms with Crippen LogP contribution in [0.5, 0.6) is 0 Å². The molecule has 2 fully saturated rings. The van der Waals surface area contributed by atoms with Gasteiger partial charge in [0.15, 0.2) is 0 Å². The van der Waals surface area contributed by atoms with Crippen molar-refractivity contribution < 1.29 is 14.3 Å². The van der Waals surface area contributed by atoms with Crippen LogP contribution in [0.4, 0.5) is 0 Å². The second kappa shape index (κ2) is 10.4. The third-order valence-electron chi connectivity index (χ3n) is 4.84. The Kier molecular flexibility index (Phi) is 8.14. The fourth-order valence-electron chi connectivity index (χ4n) is 3.44. The molecule has 2 aliphatic carbocycles. The Balaban J connectivity index is 2.05. The van der Waals surface area contributed by atoms with Gasteiger partial charge in [-0.25, -0.2) is 4.79 Å². The number of carbonyl (C=O) groups excluding carboxylic acids is 1. The van der Waals surface area contributed by atoms with Gasteiger partial charge < -0.3 is 9.47 Å². The lowest BCUT2D eigenvalue weighted by Crippen LogP contribution is -2.17. The molecule has 3 heteroatoms. The van der Waals surface area contributed by atoms with E-state index in [2.05, 4.69) is 13.5 Å². The molecule has 0 aromatic heterocycles. The van der Waals surface area contributed by atoms with Gasteiger partial charge in [-0.1, -0.05) is 26.0 Å². The average Bonchev–Trinajstić information content (AvgIpc) is 3.25. The maximum Gasteiger partial charge on any atom is 0.334 e. The van der Waals surface area contributed by atoms with Crippen LogP contribution in [0.15, 0.2) is 36.1 Å². The van der Waals surface area contributed by atoms with Crippen LogP contribution in [0.25, 0.3) is 0 Å². The number of rotatable bonds is 9. The van der Waals surface area contributed by atoms with E-state index in [1.54, 1.807) is 6.08 Å². The molecule has 0 spiro atoms. The van der Waals surface area contributed by atoms with E-state index >= 15 is 0 Å². The summed E-state index contributed by atoms with van der Waals surface area (Å²) >= 11 is 0. The number of unbranched alkanes of at least 4 members (excludes halogenated alkanes) is 1. The molecule has 0 saturated heterocycles. The van der Waals surface area contributed by atoms with E-state index < -0.39 is 0 Å². The number of ether oxygens (including phenoxy) is 2. The van der Waals surface area contributed by atoms with Crippen molar-refractivity contribution in [3.63, 3.8) is 0 Å². The normalized spacial score (nSPS) is 20.4. The number of carbonyl (C=O) groups is 1. The lowest BCUT2D eigenvalue weighted by molar-refractivity contribution is -0.144. The monoisotopic (exact) mass is 332 g/mol. The topological polar surface area (TPSA) is 35.5 Å². The van der Waals surface area contributed by atoms with Gasteiger partial charge in [-0.15, -0.1) is 0 Å². The predicted octanol–water partition coefficient (Wildman–Crippen LogP) is 5.62. The van der Waals surface area contributed by atoms with Crippen molar-refractivity contribution >= 4 is 5.97 Å². The highest BCUT2D eigenvalue weighted by Gasteiger charge is 2.22. The minimum absolute atomic E-state index is 0.102. The fraction of sp³-hybridized carbons (Fsp3) is 0.667. The highest BCUT2D eigenvalue weighted by Crippen LogP contribution is 2.26. The van der Waals surface area contributed by atoms with Gasteiger partial charge in [0, 0.05) is 5.57 Å². The van der Waals surface area contributed by atoms with Crippen LogP contribution in [-0.4, -0.2) is 18.2 Å². The van der Waals surface area contributed by atoms with Gasteiger partial charge in [0.1, 0.15) is 11.9 Å². The molecule has 0 aromatic rings. The van der Waals surface area contributed by atoms with E-state index in [1.165, 1.54) is 25.7 Å². The first-order valence-electron chi connectivity index (χ1n) is 9.64. The SMILES string of the molecule is C=C/C=C(\C=C(/CCCC)C(=O)OC1CCCC1)OC1CCCC1. The minimum Gasteiger partial charge on any atom is -0.490 e. The second-order valence-electron chi connectivity index (χ2n) is 6.91. The Morgan fingerprint density at radius 1 is 1.04 bits per heavy atom. The fourth-order valence-corrected chi connectivity index (χ4v) is 3.44. The van der Waals surface area contributed by atoms with Gasteiger partial charge in [-0.05, 0) is 76.4 Å². The zero-order valence-corrected chi connectivity index (χ0v) is 15.1. The van der Waals surface area contributed by atoms with Crippen molar-refractivity contribution in [2.75, 3.05) is 0 Å². The molecule has 0 heterocycles. The zero-order chi connectivity index (χ0) is 17.2. The molecule has 134 valence electrons. The summed E-state index contributed by atoms with van der Waals surface area (Å²) in [6.07, 6.45) is 17.6. The van der Waals surface area contributed by atoms with Crippen molar-refractivity contribution in [3.8, 4) is 0 Å². The van der Waals surface area contributed by atoms with E-state index in [-0.39, 0.29) is 18.2 Å². The molecule has 0 atom stereocenters. The first kappa shape index (κ1) is 18.8. The van der Waals surface area contributed by atoms with E-state index in [4.69, 9.17) is 9.47 Å². The summed E-state index contributed by atoms with van der Waals surface area (Å²) in [5, 5.41) is 0. The summed E-state index contributed by atoms with van der Waals surface area (Å²) in [6.45, 7) is 5.91. The van der Waals surface area contributed by atoms with Gasteiger partial charge in [-0.3, -0.25) is 0 Å². The molecule has 0 aromatic carbocycles. The third kappa shape index (κ3) is 6.18. The predicted molar refractivity (Wildman–Crippen MR) is 97.6 cm³/mol. The highest BCUT2D eigenvalue weighted by atomic mass is 16.5. The van der Waals surface area contributed by atoms with Crippen molar-refractivity contribution in [2.45, 2.75) is 89.8 Å². The molecule has 0 radical (unpaired) electrons. The van der Waals surface area contributed by atoms with E-state index in [0.29, 0.717) is 0 Å². The average molecular weight is 332 g/mol. The van der Waals surface area contributed by atoms with Crippen LogP contribution in [0.2, 0.25) is 0 Å². The van der Waals surface area contributed by atoms with Crippen LogP contribution in [0, 0.1) is 0 Å². The van der Waals surface area contributed by atoms with Crippen LogP contribution < -0.4 is 0 Å². The van der Waals surface area contributed by atoms with E-state index in [0.717, 1.165) is 56.3 Å². The number of allylic oxidation sites excluding steroid dienone is 3. The first-order chi connectivity index (χ1) is 11.7.